The first kappa shape index (κ1) is 14.5. The van der Waals surface area contributed by atoms with Gasteiger partial charge in [-0.25, -0.2) is 4.39 Å². The van der Waals surface area contributed by atoms with Gasteiger partial charge < -0.3 is 10.6 Å². The molecule has 0 aliphatic heterocycles. The molecule has 0 aliphatic carbocycles. The van der Waals surface area contributed by atoms with Gasteiger partial charge in [0.2, 0.25) is 0 Å². The van der Waals surface area contributed by atoms with Gasteiger partial charge in [-0.1, -0.05) is 29.8 Å². The maximum absolute atomic E-state index is 13.1. The Labute approximate surface area is 120 Å². The van der Waals surface area contributed by atoms with Gasteiger partial charge in [-0.3, -0.25) is 0 Å². The molecule has 0 aromatic heterocycles. The molecule has 20 heavy (non-hydrogen) atoms. The molecular weight excluding hydrogens is 251 g/mol. The normalized spacial score (nSPS) is 12.2. The molecule has 0 saturated heterocycles. The SMILES string of the molecule is CCN(c1ccc(F)cc1)C(CN)c1ccc(C)cc1. The summed E-state index contributed by atoms with van der Waals surface area (Å²) in [5.41, 5.74) is 9.38. The second-order valence-corrected chi connectivity index (χ2v) is 4.92. The van der Waals surface area contributed by atoms with Crippen molar-refractivity contribution in [1.29, 1.82) is 0 Å². The van der Waals surface area contributed by atoms with Crippen molar-refractivity contribution in [2.75, 3.05) is 18.0 Å². The van der Waals surface area contributed by atoms with Crippen LogP contribution < -0.4 is 10.6 Å². The summed E-state index contributed by atoms with van der Waals surface area (Å²) in [6, 6.07) is 15.1. The summed E-state index contributed by atoms with van der Waals surface area (Å²) in [4.78, 5) is 2.20. The number of anilines is 1. The minimum absolute atomic E-state index is 0.103. The van der Waals surface area contributed by atoms with Crippen LogP contribution in [0.1, 0.15) is 24.1 Å². The molecule has 2 rings (SSSR count). The van der Waals surface area contributed by atoms with Crippen molar-refractivity contribution in [2.24, 2.45) is 5.73 Å². The Morgan fingerprint density at radius 1 is 1.05 bits per heavy atom. The fourth-order valence-electron chi connectivity index (χ4n) is 2.45. The van der Waals surface area contributed by atoms with Crippen molar-refractivity contribution in [3.8, 4) is 0 Å². The number of nitrogens with zero attached hydrogens (tertiary/aromatic N) is 1. The molecule has 106 valence electrons. The smallest absolute Gasteiger partial charge is 0.123 e. The van der Waals surface area contributed by atoms with Gasteiger partial charge >= 0.3 is 0 Å². The molecule has 1 unspecified atom stereocenters. The van der Waals surface area contributed by atoms with Crippen LogP contribution in [0.15, 0.2) is 48.5 Å². The van der Waals surface area contributed by atoms with Gasteiger partial charge in [-0.2, -0.15) is 0 Å². The van der Waals surface area contributed by atoms with E-state index < -0.39 is 0 Å². The molecule has 0 spiro atoms. The predicted octanol–water partition coefficient (Wildman–Crippen LogP) is 3.66. The highest BCUT2D eigenvalue weighted by molar-refractivity contribution is 5.49. The van der Waals surface area contributed by atoms with E-state index in [9.17, 15) is 4.39 Å². The van der Waals surface area contributed by atoms with E-state index in [1.807, 2.05) is 0 Å². The standard InChI is InChI=1S/C17H21FN2/c1-3-20(16-10-8-15(18)9-11-16)17(12-19)14-6-4-13(2)5-7-14/h4-11,17H,3,12,19H2,1-2H3. The first-order valence-electron chi connectivity index (χ1n) is 6.94. The fraction of sp³-hybridized carbons (Fsp3) is 0.294. The van der Waals surface area contributed by atoms with Crippen molar-refractivity contribution in [2.45, 2.75) is 19.9 Å². The summed E-state index contributed by atoms with van der Waals surface area (Å²) in [5.74, 6) is -0.218. The summed E-state index contributed by atoms with van der Waals surface area (Å²) >= 11 is 0. The number of benzene rings is 2. The molecule has 0 bridgehead atoms. The number of hydrogen-bond donors (Lipinski definition) is 1. The van der Waals surface area contributed by atoms with Crippen LogP contribution in [0.5, 0.6) is 0 Å². The zero-order valence-electron chi connectivity index (χ0n) is 12.0. The largest absolute Gasteiger partial charge is 0.363 e. The Morgan fingerprint density at radius 2 is 1.65 bits per heavy atom. The second-order valence-electron chi connectivity index (χ2n) is 4.92. The second kappa shape index (κ2) is 6.53. The first-order chi connectivity index (χ1) is 9.65. The third kappa shape index (κ3) is 3.17. The van der Waals surface area contributed by atoms with E-state index in [-0.39, 0.29) is 11.9 Å². The lowest BCUT2D eigenvalue weighted by atomic mass is 10.0. The third-order valence-corrected chi connectivity index (χ3v) is 3.56. The molecule has 0 radical (unpaired) electrons. The molecular formula is C17H21FN2. The zero-order chi connectivity index (χ0) is 14.5. The Bertz CT molecular complexity index is 482. The molecule has 1 atom stereocenters. The Hall–Kier alpha value is -1.87. The van der Waals surface area contributed by atoms with Gasteiger partial charge in [0.05, 0.1) is 6.04 Å². The highest BCUT2D eigenvalue weighted by atomic mass is 19.1. The van der Waals surface area contributed by atoms with E-state index in [1.54, 1.807) is 12.1 Å². The van der Waals surface area contributed by atoms with Gasteiger partial charge in [0, 0.05) is 18.8 Å². The minimum Gasteiger partial charge on any atom is -0.363 e. The van der Waals surface area contributed by atoms with Crippen LogP contribution in [0.25, 0.3) is 0 Å². The number of likely N-dealkylation sites (N-methyl/N-ethyl adjacent to an activating group) is 1. The Balaban J connectivity index is 2.32. The van der Waals surface area contributed by atoms with Crippen LogP contribution in [-0.2, 0) is 0 Å². The molecule has 2 aromatic rings. The predicted molar refractivity (Wildman–Crippen MR) is 82.4 cm³/mol. The zero-order valence-corrected chi connectivity index (χ0v) is 12.0. The molecule has 2 N–H and O–H groups in total. The highest BCUT2D eigenvalue weighted by Gasteiger charge is 2.18. The van der Waals surface area contributed by atoms with Crippen molar-refractivity contribution in [3.05, 3.63) is 65.5 Å². The Morgan fingerprint density at radius 3 is 2.15 bits per heavy atom. The van der Waals surface area contributed by atoms with Crippen molar-refractivity contribution in [3.63, 3.8) is 0 Å². The summed E-state index contributed by atoms with van der Waals surface area (Å²) in [5, 5.41) is 0. The highest BCUT2D eigenvalue weighted by Crippen LogP contribution is 2.26. The van der Waals surface area contributed by atoms with Crippen LogP contribution >= 0.6 is 0 Å². The monoisotopic (exact) mass is 272 g/mol. The minimum atomic E-state index is -0.218. The molecule has 0 fully saturated rings. The summed E-state index contributed by atoms with van der Waals surface area (Å²) < 4.78 is 13.1. The first-order valence-corrected chi connectivity index (χ1v) is 6.94. The lowest BCUT2D eigenvalue weighted by Gasteiger charge is -2.32. The molecule has 0 heterocycles. The summed E-state index contributed by atoms with van der Waals surface area (Å²) in [6.45, 7) is 5.49. The van der Waals surface area contributed by atoms with E-state index in [4.69, 9.17) is 5.73 Å². The van der Waals surface area contributed by atoms with E-state index in [1.165, 1.54) is 23.3 Å². The fourth-order valence-corrected chi connectivity index (χ4v) is 2.45. The van der Waals surface area contributed by atoms with E-state index in [0.717, 1.165) is 12.2 Å². The van der Waals surface area contributed by atoms with Crippen molar-refractivity contribution >= 4 is 5.69 Å². The topological polar surface area (TPSA) is 29.3 Å². The van der Waals surface area contributed by atoms with Crippen LogP contribution in [0.2, 0.25) is 0 Å². The van der Waals surface area contributed by atoms with Gasteiger partial charge in [-0.05, 0) is 43.7 Å². The lowest BCUT2D eigenvalue weighted by molar-refractivity contribution is 0.622. The van der Waals surface area contributed by atoms with Crippen LogP contribution in [0, 0.1) is 12.7 Å². The summed E-state index contributed by atoms with van der Waals surface area (Å²) in [6.07, 6.45) is 0. The Kier molecular flexibility index (Phi) is 4.74. The quantitative estimate of drug-likeness (QED) is 0.900. The molecule has 2 aromatic carbocycles. The molecule has 0 amide bonds. The van der Waals surface area contributed by atoms with Crippen LogP contribution in [-0.4, -0.2) is 13.1 Å². The third-order valence-electron chi connectivity index (χ3n) is 3.56. The molecule has 2 nitrogen and oxygen atoms in total. The molecule has 0 aliphatic rings. The lowest BCUT2D eigenvalue weighted by Crippen LogP contribution is -2.33. The average Bonchev–Trinajstić information content (AvgIpc) is 2.47. The molecule has 3 heteroatoms. The maximum Gasteiger partial charge on any atom is 0.123 e. The van der Waals surface area contributed by atoms with Crippen molar-refractivity contribution < 1.29 is 4.39 Å². The number of rotatable bonds is 5. The average molecular weight is 272 g/mol. The number of hydrogen-bond acceptors (Lipinski definition) is 2. The van der Waals surface area contributed by atoms with E-state index in [0.29, 0.717) is 6.54 Å². The van der Waals surface area contributed by atoms with Gasteiger partial charge in [-0.15, -0.1) is 0 Å². The van der Waals surface area contributed by atoms with Gasteiger partial charge in [0.25, 0.3) is 0 Å². The van der Waals surface area contributed by atoms with Crippen LogP contribution in [0.3, 0.4) is 0 Å². The number of aryl methyl sites for hydroxylation is 1. The molecule has 0 saturated carbocycles. The van der Waals surface area contributed by atoms with E-state index >= 15 is 0 Å². The summed E-state index contributed by atoms with van der Waals surface area (Å²) in [7, 11) is 0. The number of nitrogens with two attached hydrogens (primary N) is 1. The van der Waals surface area contributed by atoms with Gasteiger partial charge in [0.1, 0.15) is 5.82 Å². The van der Waals surface area contributed by atoms with Crippen molar-refractivity contribution in [1.82, 2.24) is 0 Å². The van der Waals surface area contributed by atoms with Crippen LogP contribution in [0.4, 0.5) is 10.1 Å². The van der Waals surface area contributed by atoms with E-state index in [2.05, 4.69) is 43.0 Å². The number of halogens is 1. The van der Waals surface area contributed by atoms with Gasteiger partial charge in [0.15, 0.2) is 0 Å². The maximum atomic E-state index is 13.1.